The van der Waals surface area contributed by atoms with Crippen LogP contribution in [0.2, 0.25) is 5.35 Å². The number of benzene rings is 1. The maximum absolute atomic E-state index is 5.86. The molecule has 0 N–H and O–H groups in total. The summed E-state index contributed by atoms with van der Waals surface area (Å²) in [5.74, 6) is 0.789. The van der Waals surface area contributed by atoms with Gasteiger partial charge in [0.05, 0.1) is 13.2 Å². The Hall–Kier alpha value is -1.26. The second-order valence-electron chi connectivity index (χ2n) is 4.03. The van der Waals surface area contributed by atoms with Gasteiger partial charge in [0.15, 0.2) is 5.58 Å². The molecule has 0 saturated carbocycles. The summed E-state index contributed by atoms with van der Waals surface area (Å²) >= 11 is 5.69. The zero-order chi connectivity index (χ0) is 11.7. The molecule has 17 heavy (non-hydrogen) atoms. The third-order valence-electron chi connectivity index (χ3n) is 2.80. The lowest BCUT2D eigenvalue weighted by molar-refractivity contribution is 0.0256. The molecule has 0 aliphatic carbocycles. The maximum atomic E-state index is 5.86. The van der Waals surface area contributed by atoms with Gasteiger partial charge in [0, 0.05) is 18.9 Å². The minimum Gasteiger partial charge on any atom is -0.490 e. The van der Waals surface area contributed by atoms with E-state index in [4.69, 9.17) is 25.5 Å². The van der Waals surface area contributed by atoms with E-state index in [1.54, 1.807) is 0 Å². The molecule has 0 bridgehead atoms. The molecule has 3 rings (SSSR count). The van der Waals surface area contributed by atoms with Crippen molar-refractivity contribution in [3.8, 4) is 5.75 Å². The van der Waals surface area contributed by atoms with Gasteiger partial charge < -0.3 is 13.9 Å². The predicted molar refractivity (Wildman–Crippen MR) is 63.5 cm³/mol. The van der Waals surface area contributed by atoms with Crippen LogP contribution in [0.5, 0.6) is 5.75 Å². The lowest BCUT2D eigenvalue weighted by Crippen LogP contribution is -2.25. The first-order valence-corrected chi connectivity index (χ1v) is 5.99. The zero-order valence-corrected chi connectivity index (χ0v) is 9.94. The molecule has 1 aliphatic heterocycles. The average Bonchev–Trinajstić information content (AvgIpc) is 2.70. The van der Waals surface area contributed by atoms with Crippen LogP contribution >= 0.6 is 11.6 Å². The third-order valence-corrected chi connectivity index (χ3v) is 2.97. The number of halogens is 1. The lowest BCUT2D eigenvalue weighted by atomic mass is 10.1. The van der Waals surface area contributed by atoms with Crippen molar-refractivity contribution in [2.75, 3.05) is 13.2 Å². The largest absolute Gasteiger partial charge is 0.490 e. The van der Waals surface area contributed by atoms with Gasteiger partial charge in [-0.15, -0.1) is 0 Å². The highest BCUT2D eigenvalue weighted by Gasteiger charge is 2.15. The van der Waals surface area contributed by atoms with Crippen LogP contribution in [0.3, 0.4) is 0 Å². The topological polar surface area (TPSA) is 44.5 Å². The summed E-state index contributed by atoms with van der Waals surface area (Å²) in [5.41, 5.74) is 1.40. The van der Waals surface area contributed by atoms with E-state index in [0.717, 1.165) is 37.3 Å². The second kappa shape index (κ2) is 4.55. The molecule has 90 valence electrons. The Kier molecular flexibility index (Phi) is 2.91. The van der Waals surface area contributed by atoms with Crippen LogP contribution in [0.1, 0.15) is 12.8 Å². The van der Waals surface area contributed by atoms with Crippen LogP contribution in [0.4, 0.5) is 0 Å². The summed E-state index contributed by atoms with van der Waals surface area (Å²) in [4.78, 5) is 4.02. The van der Waals surface area contributed by atoms with Gasteiger partial charge in [-0.25, -0.2) is 0 Å². The molecule has 0 atom stereocenters. The molecule has 2 heterocycles. The summed E-state index contributed by atoms with van der Waals surface area (Å²) < 4.78 is 16.4. The number of oxazole rings is 1. The minimum absolute atomic E-state index is 0.156. The van der Waals surface area contributed by atoms with Gasteiger partial charge in [-0.1, -0.05) is 0 Å². The Labute approximate surface area is 103 Å². The van der Waals surface area contributed by atoms with Gasteiger partial charge >= 0.3 is 0 Å². The number of hydrogen-bond acceptors (Lipinski definition) is 4. The number of nitrogens with zero attached hydrogens (tertiary/aromatic N) is 1. The quantitative estimate of drug-likeness (QED) is 0.825. The SMILES string of the molecule is Clc1nc2ccc(OC3CCOCC3)cc2o1. The van der Waals surface area contributed by atoms with Crippen molar-refractivity contribution in [1.29, 1.82) is 0 Å². The fourth-order valence-electron chi connectivity index (χ4n) is 1.94. The van der Waals surface area contributed by atoms with Crippen molar-refractivity contribution >= 4 is 22.7 Å². The van der Waals surface area contributed by atoms with Crippen molar-refractivity contribution in [2.45, 2.75) is 18.9 Å². The molecule has 1 aromatic carbocycles. The van der Waals surface area contributed by atoms with Crippen molar-refractivity contribution in [3.63, 3.8) is 0 Å². The van der Waals surface area contributed by atoms with Crippen LogP contribution in [-0.4, -0.2) is 24.3 Å². The van der Waals surface area contributed by atoms with Gasteiger partial charge in [0.1, 0.15) is 17.4 Å². The standard InChI is InChI=1S/C12H12ClNO3/c13-12-14-10-2-1-9(7-11(10)17-12)16-8-3-5-15-6-4-8/h1-2,7-8H,3-6H2. The van der Waals surface area contributed by atoms with Crippen molar-refractivity contribution in [2.24, 2.45) is 0 Å². The molecule has 1 fully saturated rings. The molecule has 0 spiro atoms. The van der Waals surface area contributed by atoms with Crippen molar-refractivity contribution in [3.05, 3.63) is 23.5 Å². The molecule has 1 aliphatic rings. The smallest absolute Gasteiger partial charge is 0.293 e. The molecule has 0 amide bonds. The summed E-state index contributed by atoms with van der Waals surface area (Å²) in [6, 6.07) is 5.56. The van der Waals surface area contributed by atoms with Crippen LogP contribution < -0.4 is 4.74 Å². The summed E-state index contributed by atoms with van der Waals surface area (Å²) in [6.45, 7) is 1.53. The summed E-state index contributed by atoms with van der Waals surface area (Å²) in [5, 5.41) is 0.156. The van der Waals surface area contributed by atoms with E-state index >= 15 is 0 Å². The molecule has 0 unspecified atom stereocenters. The fraction of sp³-hybridized carbons (Fsp3) is 0.417. The maximum Gasteiger partial charge on any atom is 0.293 e. The molecule has 5 heteroatoms. The summed E-state index contributed by atoms with van der Waals surface area (Å²) in [7, 11) is 0. The van der Waals surface area contributed by atoms with Gasteiger partial charge in [-0.2, -0.15) is 4.98 Å². The van der Waals surface area contributed by atoms with E-state index in [0.29, 0.717) is 5.58 Å². The first-order chi connectivity index (χ1) is 8.31. The number of fused-ring (bicyclic) bond motifs is 1. The molecule has 2 aromatic rings. The van der Waals surface area contributed by atoms with Gasteiger partial charge in [0.25, 0.3) is 5.35 Å². The van der Waals surface area contributed by atoms with Crippen molar-refractivity contribution in [1.82, 2.24) is 4.98 Å². The van der Waals surface area contributed by atoms with Crippen LogP contribution in [0.15, 0.2) is 22.6 Å². The van der Waals surface area contributed by atoms with E-state index in [-0.39, 0.29) is 11.5 Å². The number of rotatable bonds is 2. The number of hydrogen-bond donors (Lipinski definition) is 0. The van der Waals surface area contributed by atoms with Gasteiger partial charge in [-0.3, -0.25) is 0 Å². The Balaban J connectivity index is 1.79. The Morgan fingerprint density at radius 3 is 2.94 bits per heavy atom. The molecule has 4 nitrogen and oxygen atoms in total. The van der Waals surface area contributed by atoms with E-state index in [1.165, 1.54) is 0 Å². The molecular weight excluding hydrogens is 242 g/mol. The first-order valence-electron chi connectivity index (χ1n) is 5.62. The number of ether oxygens (including phenoxy) is 2. The highest BCUT2D eigenvalue weighted by molar-refractivity contribution is 6.28. The van der Waals surface area contributed by atoms with Crippen LogP contribution in [0.25, 0.3) is 11.1 Å². The molecule has 1 aromatic heterocycles. The first kappa shape index (κ1) is 10.9. The monoisotopic (exact) mass is 253 g/mol. The third kappa shape index (κ3) is 2.37. The molecule has 1 saturated heterocycles. The van der Waals surface area contributed by atoms with E-state index < -0.39 is 0 Å². The fourth-order valence-corrected chi connectivity index (χ4v) is 2.11. The van der Waals surface area contributed by atoms with Crippen molar-refractivity contribution < 1.29 is 13.9 Å². The Morgan fingerprint density at radius 2 is 2.12 bits per heavy atom. The average molecular weight is 254 g/mol. The Bertz CT molecular complexity index is 519. The highest BCUT2D eigenvalue weighted by Crippen LogP contribution is 2.25. The molecule has 0 radical (unpaired) electrons. The minimum atomic E-state index is 0.156. The normalized spacial score (nSPS) is 17.5. The van der Waals surface area contributed by atoms with Gasteiger partial charge in [-0.05, 0) is 23.7 Å². The van der Waals surface area contributed by atoms with E-state index in [1.807, 2.05) is 18.2 Å². The van der Waals surface area contributed by atoms with E-state index in [2.05, 4.69) is 4.98 Å². The van der Waals surface area contributed by atoms with E-state index in [9.17, 15) is 0 Å². The summed E-state index contributed by atoms with van der Waals surface area (Å²) in [6.07, 6.45) is 2.07. The van der Waals surface area contributed by atoms with Gasteiger partial charge in [0.2, 0.25) is 0 Å². The van der Waals surface area contributed by atoms with Crippen LogP contribution in [0, 0.1) is 0 Å². The number of aromatic nitrogens is 1. The molecular formula is C12H12ClNO3. The predicted octanol–water partition coefficient (Wildman–Crippen LogP) is 3.04. The zero-order valence-electron chi connectivity index (χ0n) is 9.19. The Morgan fingerprint density at radius 1 is 1.29 bits per heavy atom. The lowest BCUT2D eigenvalue weighted by Gasteiger charge is -2.23. The highest BCUT2D eigenvalue weighted by atomic mass is 35.5. The van der Waals surface area contributed by atoms with Crippen LogP contribution in [-0.2, 0) is 4.74 Å². The second-order valence-corrected chi connectivity index (χ2v) is 4.35.